The van der Waals surface area contributed by atoms with Crippen LogP contribution in [-0.4, -0.2) is 5.78 Å². The lowest BCUT2D eigenvalue weighted by Crippen LogP contribution is -2.05. The van der Waals surface area contributed by atoms with Gasteiger partial charge in [-0.1, -0.05) is 23.2 Å². The van der Waals surface area contributed by atoms with Gasteiger partial charge in [-0.3, -0.25) is 4.79 Å². The van der Waals surface area contributed by atoms with Crippen molar-refractivity contribution in [2.45, 2.75) is 6.92 Å². The highest BCUT2D eigenvalue weighted by Gasteiger charge is 2.25. The molecule has 0 bridgehead atoms. The predicted octanol–water partition coefficient (Wildman–Crippen LogP) is 3.61. The highest BCUT2D eigenvalue weighted by atomic mass is 35.5. The number of ketones is 1. The summed E-state index contributed by atoms with van der Waals surface area (Å²) in [6.45, 7) is 0.923. The summed E-state index contributed by atoms with van der Waals surface area (Å²) < 4.78 is 39.0. The first-order valence-electron chi connectivity index (χ1n) is 3.40. The van der Waals surface area contributed by atoms with E-state index in [0.717, 1.165) is 6.92 Å². The smallest absolute Gasteiger partial charge is 0.166 e. The third-order valence-electron chi connectivity index (χ3n) is 1.56. The second-order valence-corrected chi connectivity index (χ2v) is 3.26. The fourth-order valence-corrected chi connectivity index (χ4v) is 1.34. The Balaban J connectivity index is 3.68. The van der Waals surface area contributed by atoms with E-state index in [9.17, 15) is 18.0 Å². The van der Waals surface area contributed by atoms with Crippen molar-refractivity contribution in [2.24, 2.45) is 0 Å². The Labute approximate surface area is 87.4 Å². The molecule has 0 unspecified atom stereocenters. The Hall–Kier alpha value is -0.740. The lowest BCUT2D eigenvalue weighted by atomic mass is 10.1. The zero-order valence-electron chi connectivity index (χ0n) is 6.80. The fraction of sp³-hybridized carbons (Fsp3) is 0.125. The molecule has 14 heavy (non-hydrogen) atoms. The minimum atomic E-state index is -1.43. The van der Waals surface area contributed by atoms with Crippen molar-refractivity contribution >= 4 is 29.0 Å². The maximum Gasteiger partial charge on any atom is 0.166 e. The molecule has 0 atom stereocenters. The van der Waals surface area contributed by atoms with Crippen molar-refractivity contribution in [3.63, 3.8) is 0 Å². The van der Waals surface area contributed by atoms with Crippen LogP contribution in [-0.2, 0) is 0 Å². The lowest BCUT2D eigenvalue weighted by Gasteiger charge is -2.06. The first-order chi connectivity index (χ1) is 6.37. The van der Waals surface area contributed by atoms with Crippen LogP contribution in [0.2, 0.25) is 10.0 Å². The molecule has 1 nitrogen and oxygen atoms in total. The van der Waals surface area contributed by atoms with Crippen LogP contribution in [0.3, 0.4) is 0 Å². The van der Waals surface area contributed by atoms with Crippen molar-refractivity contribution in [3.05, 3.63) is 33.1 Å². The molecule has 0 saturated carbocycles. The molecular weight excluding hydrogens is 240 g/mol. The van der Waals surface area contributed by atoms with Gasteiger partial charge in [0.05, 0.1) is 5.56 Å². The molecule has 0 fully saturated rings. The second kappa shape index (κ2) is 3.79. The van der Waals surface area contributed by atoms with Crippen LogP contribution >= 0.6 is 23.2 Å². The van der Waals surface area contributed by atoms with Crippen LogP contribution in [0.1, 0.15) is 17.3 Å². The summed E-state index contributed by atoms with van der Waals surface area (Å²) in [6, 6.07) is 0. The average molecular weight is 243 g/mol. The molecule has 6 heteroatoms. The number of hydrogen-bond acceptors (Lipinski definition) is 1. The maximum atomic E-state index is 13.1. The zero-order valence-corrected chi connectivity index (χ0v) is 8.31. The van der Waals surface area contributed by atoms with Crippen molar-refractivity contribution in [1.29, 1.82) is 0 Å². The number of Topliss-reactive ketones (excluding diaryl/α,β-unsaturated/α-hetero) is 1. The third-order valence-corrected chi connectivity index (χ3v) is 2.23. The van der Waals surface area contributed by atoms with E-state index in [1.165, 1.54) is 0 Å². The number of carbonyl (C=O) groups is 1. The Kier molecular flexibility index (Phi) is 3.07. The molecule has 0 heterocycles. The van der Waals surface area contributed by atoms with Gasteiger partial charge < -0.3 is 0 Å². The molecule has 0 saturated heterocycles. The van der Waals surface area contributed by atoms with Gasteiger partial charge in [0, 0.05) is 0 Å². The van der Waals surface area contributed by atoms with Gasteiger partial charge in [0.1, 0.15) is 10.0 Å². The van der Waals surface area contributed by atoms with Crippen LogP contribution in [0, 0.1) is 17.5 Å². The fourth-order valence-electron chi connectivity index (χ4n) is 0.914. The first kappa shape index (κ1) is 11.3. The second-order valence-electron chi connectivity index (χ2n) is 2.50. The molecule has 0 aliphatic heterocycles. The van der Waals surface area contributed by atoms with E-state index in [0.29, 0.717) is 0 Å². The van der Waals surface area contributed by atoms with Crippen LogP contribution in [0.15, 0.2) is 0 Å². The van der Waals surface area contributed by atoms with Crippen LogP contribution in [0.25, 0.3) is 0 Å². The molecular formula is C8H3Cl2F3O. The monoisotopic (exact) mass is 242 g/mol. The highest BCUT2D eigenvalue weighted by molar-refractivity contribution is 6.35. The third kappa shape index (κ3) is 1.60. The van der Waals surface area contributed by atoms with Crippen LogP contribution in [0.5, 0.6) is 0 Å². The lowest BCUT2D eigenvalue weighted by molar-refractivity contribution is 0.100. The number of rotatable bonds is 1. The van der Waals surface area contributed by atoms with Gasteiger partial charge in [-0.2, -0.15) is 0 Å². The molecule has 0 amide bonds. The molecule has 0 radical (unpaired) electrons. The van der Waals surface area contributed by atoms with Crippen molar-refractivity contribution in [3.8, 4) is 0 Å². The Morgan fingerprint density at radius 2 is 1.36 bits per heavy atom. The number of hydrogen-bond donors (Lipinski definition) is 0. The van der Waals surface area contributed by atoms with Gasteiger partial charge in [0.2, 0.25) is 0 Å². The Bertz CT molecular complexity index is 389. The van der Waals surface area contributed by atoms with Gasteiger partial charge >= 0.3 is 0 Å². The van der Waals surface area contributed by atoms with Crippen molar-refractivity contribution in [2.75, 3.05) is 0 Å². The van der Waals surface area contributed by atoms with E-state index in [-0.39, 0.29) is 0 Å². The van der Waals surface area contributed by atoms with Crippen molar-refractivity contribution in [1.82, 2.24) is 0 Å². The summed E-state index contributed by atoms with van der Waals surface area (Å²) in [5, 5.41) is -1.97. The number of benzene rings is 1. The highest BCUT2D eigenvalue weighted by Crippen LogP contribution is 2.31. The first-order valence-corrected chi connectivity index (χ1v) is 4.15. The molecule has 1 aromatic carbocycles. The average Bonchev–Trinajstić information content (AvgIpc) is 2.11. The molecule has 76 valence electrons. The summed E-state index contributed by atoms with van der Waals surface area (Å²) in [5.74, 6) is -5.19. The van der Waals surface area contributed by atoms with Gasteiger partial charge in [0.25, 0.3) is 0 Å². The summed E-state index contributed by atoms with van der Waals surface area (Å²) in [5.41, 5.74) is -0.929. The molecule has 0 aromatic heterocycles. The minimum absolute atomic E-state index is 0.913. The van der Waals surface area contributed by atoms with Crippen molar-refractivity contribution < 1.29 is 18.0 Å². The van der Waals surface area contributed by atoms with E-state index in [4.69, 9.17) is 23.2 Å². The largest absolute Gasteiger partial charge is 0.294 e. The summed E-state index contributed by atoms with van der Waals surface area (Å²) in [7, 11) is 0. The summed E-state index contributed by atoms with van der Waals surface area (Å²) >= 11 is 10.3. The topological polar surface area (TPSA) is 17.1 Å². The zero-order chi connectivity index (χ0) is 11.0. The Morgan fingerprint density at radius 3 is 1.64 bits per heavy atom. The normalized spacial score (nSPS) is 10.4. The molecule has 1 aromatic rings. The van der Waals surface area contributed by atoms with Gasteiger partial charge in [-0.15, -0.1) is 0 Å². The molecule has 0 aliphatic rings. The summed E-state index contributed by atoms with van der Waals surface area (Å²) in [4.78, 5) is 10.8. The van der Waals surface area contributed by atoms with Gasteiger partial charge in [0.15, 0.2) is 23.2 Å². The molecule has 0 N–H and O–H groups in total. The minimum Gasteiger partial charge on any atom is -0.294 e. The van der Waals surface area contributed by atoms with E-state index in [1.54, 1.807) is 0 Å². The quantitative estimate of drug-likeness (QED) is 0.418. The van der Waals surface area contributed by atoms with E-state index in [2.05, 4.69) is 0 Å². The molecule has 0 aliphatic carbocycles. The Morgan fingerprint density at radius 1 is 1.00 bits per heavy atom. The van der Waals surface area contributed by atoms with E-state index in [1.807, 2.05) is 0 Å². The van der Waals surface area contributed by atoms with Gasteiger partial charge in [-0.25, -0.2) is 13.2 Å². The predicted molar refractivity (Wildman–Crippen MR) is 46.3 cm³/mol. The SMILES string of the molecule is CC(=O)c1c(F)c(Cl)c(F)c(Cl)c1F. The van der Waals surface area contributed by atoms with E-state index >= 15 is 0 Å². The molecule has 0 spiro atoms. The van der Waals surface area contributed by atoms with Crippen LogP contribution < -0.4 is 0 Å². The van der Waals surface area contributed by atoms with Crippen LogP contribution in [0.4, 0.5) is 13.2 Å². The standard InChI is InChI=1S/C8H3Cl2F3O/c1-2(14)3-6(11)4(9)8(13)5(10)7(3)12/h1H3. The maximum absolute atomic E-state index is 13.1. The van der Waals surface area contributed by atoms with Gasteiger partial charge in [-0.05, 0) is 6.92 Å². The molecule has 1 rings (SSSR count). The number of carbonyl (C=O) groups excluding carboxylic acids is 1. The van der Waals surface area contributed by atoms with E-state index < -0.39 is 38.8 Å². The summed E-state index contributed by atoms with van der Waals surface area (Å²) in [6.07, 6.45) is 0. The number of halogens is 5.